The van der Waals surface area contributed by atoms with Crippen molar-refractivity contribution in [3.63, 3.8) is 0 Å². The Morgan fingerprint density at radius 1 is 1.00 bits per heavy atom. The van der Waals surface area contributed by atoms with Crippen molar-refractivity contribution in [2.75, 3.05) is 11.4 Å². The fourth-order valence-corrected chi connectivity index (χ4v) is 3.51. The molecule has 0 aliphatic heterocycles. The number of aryl methyl sites for hydroxylation is 1. The van der Waals surface area contributed by atoms with Gasteiger partial charge in [0.2, 0.25) is 0 Å². The average molecular weight is 429 g/mol. The first kappa shape index (κ1) is 22.6. The third-order valence-corrected chi connectivity index (χ3v) is 5.26. The Balaban J connectivity index is 1.95. The molecule has 0 fully saturated rings. The molecule has 31 heavy (non-hydrogen) atoms. The van der Waals surface area contributed by atoms with Crippen molar-refractivity contribution in [2.45, 2.75) is 46.3 Å². The van der Waals surface area contributed by atoms with Crippen LogP contribution in [0.4, 0.5) is 19.0 Å². The van der Waals surface area contributed by atoms with Crippen LogP contribution in [0.25, 0.3) is 11.3 Å². The van der Waals surface area contributed by atoms with Crippen LogP contribution in [0.2, 0.25) is 0 Å². The van der Waals surface area contributed by atoms with Gasteiger partial charge in [0.05, 0.1) is 11.3 Å². The Kier molecular flexibility index (Phi) is 6.83. The third kappa shape index (κ3) is 5.34. The number of benzene rings is 2. The summed E-state index contributed by atoms with van der Waals surface area (Å²) in [6, 6.07) is 10.6. The summed E-state index contributed by atoms with van der Waals surface area (Å²) in [6.07, 6.45) is -0.933. The van der Waals surface area contributed by atoms with Crippen molar-refractivity contribution in [1.82, 2.24) is 9.97 Å². The van der Waals surface area contributed by atoms with Gasteiger partial charge in [0.25, 0.3) is 0 Å². The van der Waals surface area contributed by atoms with Crippen LogP contribution >= 0.6 is 0 Å². The van der Waals surface area contributed by atoms with Crippen molar-refractivity contribution in [3.8, 4) is 17.0 Å². The molecule has 0 amide bonds. The van der Waals surface area contributed by atoms with Gasteiger partial charge in [-0.25, -0.2) is 9.97 Å². The lowest BCUT2D eigenvalue weighted by Crippen LogP contribution is -2.26. The van der Waals surface area contributed by atoms with E-state index in [1.165, 1.54) is 18.5 Å². The van der Waals surface area contributed by atoms with Crippen LogP contribution in [0, 0.1) is 13.8 Å². The maximum absolute atomic E-state index is 12.9. The molecule has 0 spiro atoms. The largest absolute Gasteiger partial charge is 0.508 e. The Morgan fingerprint density at radius 2 is 1.71 bits per heavy atom. The van der Waals surface area contributed by atoms with Gasteiger partial charge in [0.1, 0.15) is 17.9 Å². The molecule has 1 N–H and O–H groups in total. The molecule has 0 radical (unpaired) electrons. The Hall–Kier alpha value is -3.09. The van der Waals surface area contributed by atoms with E-state index in [0.29, 0.717) is 17.8 Å². The molecule has 0 saturated heterocycles. The summed E-state index contributed by atoms with van der Waals surface area (Å²) in [7, 11) is 0. The molecule has 0 unspecified atom stereocenters. The molecule has 1 heterocycles. The van der Waals surface area contributed by atoms with Gasteiger partial charge in [-0.1, -0.05) is 37.6 Å². The van der Waals surface area contributed by atoms with Gasteiger partial charge in [-0.3, -0.25) is 0 Å². The number of alkyl halides is 3. The van der Waals surface area contributed by atoms with E-state index in [9.17, 15) is 18.3 Å². The van der Waals surface area contributed by atoms with Crippen molar-refractivity contribution in [1.29, 1.82) is 0 Å². The first-order valence-corrected chi connectivity index (χ1v) is 10.2. The average Bonchev–Trinajstić information content (AvgIpc) is 2.73. The standard InChI is InChI=1S/C24H26F3N3O/c1-4-5-12-30(14-18-6-11-21(31)16(2)13-18)23-17(3)22(28-15-29-23)19-7-9-20(10-8-19)24(25,26)27/h6-11,13,15,31H,4-5,12,14H2,1-3H3. The van der Waals surface area contributed by atoms with E-state index in [2.05, 4.69) is 21.8 Å². The van der Waals surface area contributed by atoms with E-state index in [-0.39, 0.29) is 5.75 Å². The number of phenolic OH excluding ortho intramolecular Hbond substituents is 1. The number of hydrogen-bond donors (Lipinski definition) is 1. The second-order valence-corrected chi connectivity index (χ2v) is 7.64. The summed E-state index contributed by atoms with van der Waals surface area (Å²) in [5, 5.41) is 9.81. The zero-order valence-electron chi connectivity index (χ0n) is 17.9. The third-order valence-electron chi connectivity index (χ3n) is 5.26. The fraction of sp³-hybridized carbons (Fsp3) is 0.333. The molecular weight excluding hydrogens is 403 g/mol. The smallest absolute Gasteiger partial charge is 0.416 e. The fourth-order valence-electron chi connectivity index (χ4n) is 3.51. The van der Waals surface area contributed by atoms with Crippen molar-refractivity contribution < 1.29 is 18.3 Å². The van der Waals surface area contributed by atoms with Gasteiger partial charge < -0.3 is 10.0 Å². The van der Waals surface area contributed by atoms with E-state index in [1.54, 1.807) is 6.07 Å². The van der Waals surface area contributed by atoms with Gasteiger partial charge >= 0.3 is 6.18 Å². The number of phenols is 1. The van der Waals surface area contributed by atoms with Gasteiger partial charge in [-0.05, 0) is 49.6 Å². The van der Waals surface area contributed by atoms with Gasteiger partial charge in [0, 0.05) is 24.2 Å². The maximum atomic E-state index is 12.9. The number of anilines is 1. The Labute approximate surface area is 180 Å². The summed E-state index contributed by atoms with van der Waals surface area (Å²) < 4.78 is 38.7. The molecule has 2 aromatic carbocycles. The summed E-state index contributed by atoms with van der Waals surface area (Å²) in [5.74, 6) is 1.01. The van der Waals surface area contributed by atoms with Crippen molar-refractivity contribution in [3.05, 3.63) is 71.0 Å². The minimum Gasteiger partial charge on any atom is -0.508 e. The number of aromatic hydroxyl groups is 1. The van der Waals surface area contributed by atoms with Crippen LogP contribution in [-0.4, -0.2) is 21.6 Å². The number of hydrogen-bond acceptors (Lipinski definition) is 4. The highest BCUT2D eigenvalue weighted by Gasteiger charge is 2.30. The van der Waals surface area contributed by atoms with Gasteiger partial charge in [-0.2, -0.15) is 13.2 Å². The van der Waals surface area contributed by atoms with E-state index in [0.717, 1.165) is 54.0 Å². The summed E-state index contributed by atoms with van der Waals surface area (Å²) in [6.45, 7) is 7.24. The van der Waals surface area contributed by atoms with E-state index < -0.39 is 11.7 Å². The molecule has 0 bridgehead atoms. The van der Waals surface area contributed by atoms with Crippen LogP contribution in [0.3, 0.4) is 0 Å². The molecule has 3 aromatic rings. The van der Waals surface area contributed by atoms with E-state index in [1.807, 2.05) is 26.0 Å². The van der Waals surface area contributed by atoms with Crippen LogP contribution in [-0.2, 0) is 12.7 Å². The molecule has 7 heteroatoms. The molecule has 0 saturated carbocycles. The second kappa shape index (κ2) is 9.37. The maximum Gasteiger partial charge on any atom is 0.416 e. The van der Waals surface area contributed by atoms with E-state index >= 15 is 0 Å². The molecule has 0 atom stereocenters. The molecule has 1 aromatic heterocycles. The highest BCUT2D eigenvalue weighted by molar-refractivity contribution is 5.68. The quantitative estimate of drug-likeness (QED) is 0.479. The number of aromatic nitrogens is 2. The summed E-state index contributed by atoms with van der Waals surface area (Å²) in [5.41, 5.74) is 3.20. The number of halogens is 3. The van der Waals surface area contributed by atoms with Crippen LogP contribution in [0.1, 0.15) is 42.0 Å². The molecule has 164 valence electrons. The van der Waals surface area contributed by atoms with Gasteiger partial charge in [-0.15, -0.1) is 0 Å². The first-order valence-electron chi connectivity index (χ1n) is 10.2. The second-order valence-electron chi connectivity index (χ2n) is 7.64. The van der Waals surface area contributed by atoms with Crippen LogP contribution < -0.4 is 4.90 Å². The summed E-state index contributed by atoms with van der Waals surface area (Å²) in [4.78, 5) is 11.0. The Morgan fingerprint density at radius 3 is 2.32 bits per heavy atom. The molecule has 4 nitrogen and oxygen atoms in total. The molecular formula is C24H26F3N3O. The van der Waals surface area contributed by atoms with E-state index in [4.69, 9.17) is 0 Å². The minimum absolute atomic E-state index is 0.256. The number of rotatable bonds is 7. The highest BCUT2D eigenvalue weighted by Crippen LogP contribution is 2.33. The van der Waals surface area contributed by atoms with Crippen LogP contribution in [0.5, 0.6) is 5.75 Å². The highest BCUT2D eigenvalue weighted by atomic mass is 19.4. The molecule has 0 aliphatic carbocycles. The van der Waals surface area contributed by atoms with Gasteiger partial charge in [0.15, 0.2) is 0 Å². The molecule has 3 rings (SSSR count). The predicted molar refractivity (Wildman–Crippen MR) is 116 cm³/mol. The SMILES string of the molecule is CCCCN(Cc1ccc(O)c(C)c1)c1ncnc(-c2ccc(C(F)(F)F)cc2)c1C. The van der Waals surface area contributed by atoms with Crippen LogP contribution in [0.15, 0.2) is 48.8 Å². The normalized spacial score (nSPS) is 11.5. The lowest BCUT2D eigenvalue weighted by molar-refractivity contribution is -0.137. The number of nitrogens with zero attached hydrogens (tertiary/aromatic N) is 3. The van der Waals surface area contributed by atoms with Crippen molar-refractivity contribution >= 4 is 5.82 Å². The zero-order chi connectivity index (χ0) is 22.6. The lowest BCUT2D eigenvalue weighted by atomic mass is 10.0. The van der Waals surface area contributed by atoms with Crippen molar-refractivity contribution in [2.24, 2.45) is 0 Å². The number of unbranched alkanes of at least 4 members (excludes halogenated alkanes) is 1. The Bertz CT molecular complexity index is 1030. The lowest BCUT2D eigenvalue weighted by Gasteiger charge is -2.26. The zero-order valence-corrected chi connectivity index (χ0v) is 17.9. The first-order chi connectivity index (χ1) is 14.7. The predicted octanol–water partition coefficient (Wildman–Crippen LogP) is 6.29. The topological polar surface area (TPSA) is 49.2 Å². The monoisotopic (exact) mass is 429 g/mol. The summed E-state index contributed by atoms with van der Waals surface area (Å²) >= 11 is 0. The minimum atomic E-state index is -4.37. The molecule has 0 aliphatic rings.